The minimum atomic E-state index is -0.482. The molecule has 1 rings (SSSR count). The van der Waals surface area contributed by atoms with E-state index in [2.05, 4.69) is 18.7 Å². The van der Waals surface area contributed by atoms with E-state index < -0.39 is 6.10 Å². The lowest BCUT2D eigenvalue weighted by atomic mass is 10.1. The molecule has 1 aromatic rings. The largest absolute Gasteiger partial charge is 0.389 e. The number of thiocarbonyl (C=S) groups is 1. The summed E-state index contributed by atoms with van der Waals surface area (Å²) in [5.74, 6) is 0. The van der Waals surface area contributed by atoms with Crippen LogP contribution in [0.3, 0.4) is 0 Å². The molecule has 4 heteroatoms. The first kappa shape index (κ1) is 16.1. The van der Waals surface area contributed by atoms with Crippen molar-refractivity contribution in [3.63, 3.8) is 0 Å². The summed E-state index contributed by atoms with van der Waals surface area (Å²) >= 11 is 4.91. The second-order valence-corrected chi connectivity index (χ2v) is 5.52. The van der Waals surface area contributed by atoms with Crippen molar-refractivity contribution < 1.29 is 5.11 Å². The molecular weight excluding hydrogens is 256 g/mol. The average molecular weight is 280 g/mol. The van der Waals surface area contributed by atoms with Crippen LogP contribution in [0.2, 0.25) is 0 Å². The molecule has 2 unspecified atom stereocenters. The van der Waals surface area contributed by atoms with Gasteiger partial charge < -0.3 is 15.7 Å². The normalized spacial score (nSPS) is 14.4. The predicted molar refractivity (Wildman–Crippen MR) is 84.3 cm³/mol. The smallest absolute Gasteiger partial charge is 0.103 e. The van der Waals surface area contributed by atoms with E-state index in [0.29, 0.717) is 17.6 Å². The van der Waals surface area contributed by atoms with E-state index in [-0.39, 0.29) is 0 Å². The highest BCUT2D eigenvalue weighted by atomic mass is 32.1. The fraction of sp³-hybridized carbons (Fsp3) is 0.533. The Morgan fingerprint density at radius 1 is 1.37 bits per heavy atom. The molecule has 2 atom stereocenters. The van der Waals surface area contributed by atoms with Gasteiger partial charge in [0.1, 0.15) is 4.99 Å². The number of likely N-dealkylation sites (N-methyl/N-ethyl adjacent to an activating group) is 1. The summed E-state index contributed by atoms with van der Waals surface area (Å²) in [5, 5.41) is 10.2. The topological polar surface area (TPSA) is 49.5 Å². The minimum Gasteiger partial charge on any atom is -0.389 e. The van der Waals surface area contributed by atoms with E-state index in [1.54, 1.807) is 0 Å². The third kappa shape index (κ3) is 4.90. The second-order valence-electron chi connectivity index (χ2n) is 5.08. The van der Waals surface area contributed by atoms with Crippen molar-refractivity contribution in [2.45, 2.75) is 38.8 Å². The summed E-state index contributed by atoms with van der Waals surface area (Å²) in [4.78, 5) is 2.57. The number of aliphatic hydroxyl groups excluding tert-OH is 1. The van der Waals surface area contributed by atoms with Crippen LogP contribution in [0, 0.1) is 0 Å². The zero-order valence-corrected chi connectivity index (χ0v) is 12.8. The number of nitrogens with two attached hydrogens (primary N) is 1. The van der Waals surface area contributed by atoms with E-state index in [9.17, 15) is 5.11 Å². The first-order valence-corrected chi connectivity index (χ1v) is 7.14. The van der Waals surface area contributed by atoms with Gasteiger partial charge in [0.2, 0.25) is 0 Å². The monoisotopic (exact) mass is 280 g/mol. The van der Waals surface area contributed by atoms with Gasteiger partial charge in [-0.2, -0.15) is 0 Å². The summed E-state index contributed by atoms with van der Waals surface area (Å²) in [6, 6.07) is 7.97. The summed E-state index contributed by atoms with van der Waals surface area (Å²) in [6.07, 6.45) is 1.82. The van der Waals surface area contributed by atoms with Crippen molar-refractivity contribution in [1.82, 2.24) is 4.90 Å². The van der Waals surface area contributed by atoms with Gasteiger partial charge in [0.15, 0.2) is 0 Å². The molecule has 0 aliphatic rings. The minimum absolute atomic E-state index is 0.384. The number of aliphatic hydroxyl groups is 1. The molecule has 0 fully saturated rings. The molecule has 1 aromatic carbocycles. The Kier molecular flexibility index (Phi) is 6.42. The molecule has 3 N–H and O–H groups in total. The van der Waals surface area contributed by atoms with Crippen LogP contribution in [0.25, 0.3) is 0 Å². The van der Waals surface area contributed by atoms with Gasteiger partial charge in [-0.1, -0.05) is 49.8 Å². The molecule has 0 saturated heterocycles. The van der Waals surface area contributed by atoms with Gasteiger partial charge in [0, 0.05) is 18.2 Å². The summed E-state index contributed by atoms with van der Waals surface area (Å²) < 4.78 is 0. The quantitative estimate of drug-likeness (QED) is 0.753. The molecule has 0 spiro atoms. The Labute approximate surface area is 121 Å². The molecule has 0 aromatic heterocycles. The summed E-state index contributed by atoms with van der Waals surface area (Å²) in [5.41, 5.74) is 7.29. The average Bonchev–Trinajstić information content (AvgIpc) is 2.38. The van der Waals surface area contributed by atoms with Crippen molar-refractivity contribution in [2.75, 3.05) is 13.6 Å². The Bertz CT molecular complexity index is 405. The highest BCUT2D eigenvalue weighted by Gasteiger charge is 2.14. The highest BCUT2D eigenvalue weighted by Crippen LogP contribution is 2.16. The molecule has 0 aliphatic heterocycles. The fourth-order valence-electron chi connectivity index (χ4n) is 2.07. The van der Waals surface area contributed by atoms with Crippen LogP contribution in [0.5, 0.6) is 0 Å². The van der Waals surface area contributed by atoms with Gasteiger partial charge in [-0.25, -0.2) is 0 Å². The van der Waals surface area contributed by atoms with Gasteiger partial charge in [-0.05, 0) is 26.0 Å². The molecule has 19 heavy (non-hydrogen) atoms. The zero-order valence-electron chi connectivity index (χ0n) is 12.0. The first-order chi connectivity index (χ1) is 8.95. The lowest BCUT2D eigenvalue weighted by molar-refractivity contribution is 0.106. The predicted octanol–water partition coefficient (Wildman–Crippen LogP) is 2.47. The van der Waals surface area contributed by atoms with Crippen molar-refractivity contribution in [3.05, 3.63) is 35.4 Å². The zero-order chi connectivity index (χ0) is 14.4. The van der Waals surface area contributed by atoms with Crippen molar-refractivity contribution in [3.8, 4) is 0 Å². The van der Waals surface area contributed by atoms with Crippen LogP contribution in [0.1, 0.15) is 43.9 Å². The van der Waals surface area contributed by atoms with E-state index in [1.807, 2.05) is 31.3 Å². The number of rotatable bonds is 7. The molecule has 0 radical (unpaired) electrons. The van der Waals surface area contributed by atoms with Crippen molar-refractivity contribution >= 4 is 17.2 Å². The number of hydrogen-bond acceptors (Lipinski definition) is 3. The molecule has 0 saturated carbocycles. The molecule has 3 nitrogen and oxygen atoms in total. The maximum absolute atomic E-state index is 10.2. The lowest BCUT2D eigenvalue weighted by Gasteiger charge is -2.27. The summed E-state index contributed by atoms with van der Waals surface area (Å²) in [7, 11) is 2.05. The first-order valence-electron chi connectivity index (χ1n) is 6.73. The SMILES string of the molecule is CCCC(C)N(C)CC(O)c1ccc(C(N)=S)cc1. The van der Waals surface area contributed by atoms with Crippen LogP contribution in [0.4, 0.5) is 0 Å². The van der Waals surface area contributed by atoms with Crippen LogP contribution in [-0.4, -0.2) is 34.6 Å². The maximum atomic E-state index is 10.2. The fourth-order valence-corrected chi connectivity index (χ4v) is 2.20. The van der Waals surface area contributed by atoms with Gasteiger partial charge in [0.05, 0.1) is 6.10 Å². The maximum Gasteiger partial charge on any atom is 0.103 e. The van der Waals surface area contributed by atoms with Gasteiger partial charge in [-0.3, -0.25) is 0 Å². The second kappa shape index (κ2) is 7.58. The molecule has 0 amide bonds. The number of hydrogen-bond donors (Lipinski definition) is 2. The lowest BCUT2D eigenvalue weighted by Crippen LogP contribution is -2.32. The van der Waals surface area contributed by atoms with Gasteiger partial charge in [0.25, 0.3) is 0 Å². The van der Waals surface area contributed by atoms with Crippen LogP contribution in [-0.2, 0) is 0 Å². The Morgan fingerprint density at radius 3 is 2.42 bits per heavy atom. The van der Waals surface area contributed by atoms with Crippen molar-refractivity contribution in [2.24, 2.45) is 5.73 Å². The van der Waals surface area contributed by atoms with Crippen LogP contribution in [0.15, 0.2) is 24.3 Å². The molecule has 0 aliphatic carbocycles. The van der Waals surface area contributed by atoms with E-state index >= 15 is 0 Å². The Hall–Kier alpha value is -0.970. The summed E-state index contributed by atoms with van der Waals surface area (Å²) in [6.45, 7) is 5.00. The molecule has 106 valence electrons. The third-order valence-electron chi connectivity index (χ3n) is 3.50. The van der Waals surface area contributed by atoms with E-state index in [4.69, 9.17) is 18.0 Å². The van der Waals surface area contributed by atoms with Gasteiger partial charge >= 0.3 is 0 Å². The number of nitrogens with zero attached hydrogens (tertiary/aromatic N) is 1. The van der Waals surface area contributed by atoms with Crippen LogP contribution >= 0.6 is 12.2 Å². The van der Waals surface area contributed by atoms with E-state index in [1.165, 1.54) is 0 Å². The molecule has 0 heterocycles. The molecule has 0 bridgehead atoms. The standard InChI is InChI=1S/C15H24N2OS/c1-4-5-11(2)17(3)10-14(18)12-6-8-13(9-7-12)15(16)19/h6-9,11,14,18H,4-5,10H2,1-3H3,(H2,16,19). The Balaban J connectivity index is 2.62. The van der Waals surface area contributed by atoms with Crippen molar-refractivity contribution in [1.29, 1.82) is 0 Å². The Morgan fingerprint density at radius 2 is 1.95 bits per heavy atom. The highest BCUT2D eigenvalue weighted by molar-refractivity contribution is 7.80. The number of benzene rings is 1. The van der Waals surface area contributed by atoms with Crippen LogP contribution < -0.4 is 5.73 Å². The third-order valence-corrected chi connectivity index (χ3v) is 3.74. The van der Waals surface area contributed by atoms with E-state index in [0.717, 1.165) is 24.0 Å². The van der Waals surface area contributed by atoms with Gasteiger partial charge in [-0.15, -0.1) is 0 Å². The molecular formula is C15H24N2OS.